The Morgan fingerprint density at radius 3 is 2.97 bits per heavy atom. The highest BCUT2D eigenvalue weighted by molar-refractivity contribution is 5.94. The summed E-state index contributed by atoms with van der Waals surface area (Å²) in [6, 6.07) is 6.94. The zero-order chi connectivity index (χ0) is 23.9. The molecule has 0 fully saturated rings. The molecule has 2 aliphatic heterocycles. The molecule has 11 heteroatoms. The number of carbonyl (C=O) groups excluding carboxylic acids is 1. The molecule has 35 heavy (non-hydrogen) atoms. The Hall–Kier alpha value is -4.25. The van der Waals surface area contributed by atoms with Gasteiger partial charge in [-0.2, -0.15) is 0 Å². The van der Waals surface area contributed by atoms with Crippen LogP contribution in [0.2, 0.25) is 0 Å². The Morgan fingerprint density at radius 1 is 1.20 bits per heavy atom. The van der Waals surface area contributed by atoms with Crippen molar-refractivity contribution in [1.29, 1.82) is 0 Å². The van der Waals surface area contributed by atoms with Crippen molar-refractivity contribution < 1.29 is 9.53 Å². The van der Waals surface area contributed by atoms with E-state index in [4.69, 9.17) is 9.84 Å². The van der Waals surface area contributed by atoms with Gasteiger partial charge in [0.05, 0.1) is 25.1 Å². The molecule has 0 saturated carbocycles. The average molecular weight is 473 g/mol. The lowest BCUT2D eigenvalue weighted by molar-refractivity contribution is 0.0814. The quantitative estimate of drug-likeness (QED) is 0.384. The molecule has 6 heterocycles. The van der Waals surface area contributed by atoms with Gasteiger partial charge in [-0.1, -0.05) is 6.07 Å². The van der Waals surface area contributed by atoms with Crippen molar-refractivity contribution in [2.24, 2.45) is 0 Å². The van der Waals surface area contributed by atoms with Crippen LogP contribution in [0.15, 0.2) is 47.7 Å². The van der Waals surface area contributed by atoms with Crippen LogP contribution in [0.4, 0.5) is 17.2 Å². The summed E-state index contributed by atoms with van der Waals surface area (Å²) in [7, 11) is 0. The molecule has 0 saturated heterocycles. The minimum Gasteiger partial charge on any atom is -0.382 e. The molecule has 4 bridgehead atoms. The SMILES string of the molecule is C[C@@H]1COCc2cc(c(=O)n(-c3ccccn3)c2)Nc2nn3c(cnc3c3c2CCCN3)C(=O)N1. The van der Waals surface area contributed by atoms with Crippen LogP contribution in [0.1, 0.15) is 35.0 Å². The molecule has 0 aliphatic carbocycles. The van der Waals surface area contributed by atoms with Gasteiger partial charge in [-0.05, 0) is 43.5 Å². The minimum absolute atomic E-state index is 0.245. The van der Waals surface area contributed by atoms with Crippen LogP contribution in [0.25, 0.3) is 11.5 Å². The summed E-state index contributed by atoms with van der Waals surface area (Å²) in [5, 5.41) is 14.3. The van der Waals surface area contributed by atoms with Crippen LogP contribution < -0.4 is 21.5 Å². The number of amides is 1. The Bertz CT molecular complexity index is 1490. The molecular formula is C24H24N8O3. The van der Waals surface area contributed by atoms with Gasteiger partial charge in [0.1, 0.15) is 11.5 Å². The van der Waals surface area contributed by atoms with Crippen LogP contribution in [-0.4, -0.2) is 49.2 Å². The molecule has 0 aromatic carbocycles. The standard InChI is InChI=1S/C24H24N8O3/c1-14-12-35-13-15-9-17(24(34)31(11-15)19-6-2-3-7-25-19)29-21-16-5-4-8-26-20(16)22-27-10-18(23(33)28-14)32(22)30-21/h2-3,6-7,9-11,14,26H,4-5,8,12-13H2,1H3,(H,28,33)(H,29,30)/t14-/m1/s1. The molecule has 1 amide bonds. The van der Waals surface area contributed by atoms with Crippen LogP contribution in [0.3, 0.4) is 0 Å². The van der Waals surface area contributed by atoms with Crippen LogP contribution >= 0.6 is 0 Å². The van der Waals surface area contributed by atoms with E-state index in [2.05, 4.69) is 25.9 Å². The van der Waals surface area contributed by atoms with Gasteiger partial charge in [0, 0.05) is 30.5 Å². The van der Waals surface area contributed by atoms with E-state index in [9.17, 15) is 9.59 Å². The second kappa shape index (κ2) is 8.51. The number of hydrogen-bond donors (Lipinski definition) is 3. The highest BCUT2D eigenvalue weighted by atomic mass is 16.5. The number of carbonyl (C=O) groups is 1. The zero-order valence-electron chi connectivity index (χ0n) is 19.1. The normalized spacial score (nSPS) is 17.7. The van der Waals surface area contributed by atoms with Gasteiger partial charge in [0.2, 0.25) is 0 Å². The van der Waals surface area contributed by atoms with Crippen molar-refractivity contribution in [1.82, 2.24) is 29.5 Å². The number of fused-ring (bicyclic) bond motifs is 6. The molecule has 178 valence electrons. The predicted octanol–water partition coefficient (Wildman–Crippen LogP) is 2.03. The molecule has 0 radical (unpaired) electrons. The first-order chi connectivity index (χ1) is 17.1. The molecule has 1 atom stereocenters. The monoisotopic (exact) mass is 472 g/mol. The fraction of sp³-hybridized carbons (Fsp3) is 0.292. The molecule has 0 unspecified atom stereocenters. The lowest BCUT2D eigenvalue weighted by Crippen LogP contribution is -2.36. The summed E-state index contributed by atoms with van der Waals surface area (Å²) < 4.78 is 8.91. The molecular weight excluding hydrogens is 448 g/mol. The topological polar surface area (TPSA) is 127 Å². The number of ether oxygens (including phenoxy) is 1. The molecule has 3 N–H and O–H groups in total. The molecule has 4 aromatic rings. The van der Waals surface area contributed by atoms with Gasteiger partial charge in [0.15, 0.2) is 17.2 Å². The largest absolute Gasteiger partial charge is 0.382 e. The third-order valence-electron chi connectivity index (χ3n) is 6.12. The number of rotatable bonds is 1. The van der Waals surface area contributed by atoms with Crippen molar-refractivity contribution in [3.63, 3.8) is 0 Å². The van der Waals surface area contributed by atoms with Crippen LogP contribution in [-0.2, 0) is 17.8 Å². The number of pyridine rings is 2. The van der Waals surface area contributed by atoms with Gasteiger partial charge in [-0.15, -0.1) is 5.10 Å². The number of nitrogens with zero attached hydrogens (tertiary/aromatic N) is 5. The number of anilines is 3. The summed E-state index contributed by atoms with van der Waals surface area (Å²) >= 11 is 0. The minimum atomic E-state index is -0.295. The van der Waals surface area contributed by atoms with E-state index in [1.54, 1.807) is 30.6 Å². The first-order valence-corrected chi connectivity index (χ1v) is 11.6. The number of nitrogens with one attached hydrogen (secondary N) is 3. The van der Waals surface area contributed by atoms with E-state index < -0.39 is 0 Å². The van der Waals surface area contributed by atoms with Gasteiger partial charge in [-0.25, -0.2) is 14.5 Å². The molecule has 4 aromatic heterocycles. The number of hydrogen-bond acceptors (Lipinski definition) is 8. The van der Waals surface area contributed by atoms with Gasteiger partial charge < -0.3 is 20.7 Å². The maximum absolute atomic E-state index is 13.5. The Balaban J connectivity index is 1.57. The van der Waals surface area contributed by atoms with Crippen LogP contribution in [0, 0.1) is 0 Å². The fourth-order valence-electron chi connectivity index (χ4n) is 4.49. The van der Waals surface area contributed by atoms with E-state index in [0.29, 0.717) is 35.3 Å². The Labute approximate surface area is 200 Å². The Morgan fingerprint density at radius 2 is 2.11 bits per heavy atom. The van der Waals surface area contributed by atoms with E-state index in [-0.39, 0.29) is 24.1 Å². The predicted molar refractivity (Wildman–Crippen MR) is 129 cm³/mol. The van der Waals surface area contributed by atoms with E-state index in [1.807, 2.05) is 13.0 Å². The van der Waals surface area contributed by atoms with Crippen molar-refractivity contribution >= 4 is 28.7 Å². The second-order valence-corrected chi connectivity index (χ2v) is 8.75. The zero-order valence-corrected chi connectivity index (χ0v) is 19.1. The third kappa shape index (κ3) is 3.79. The maximum Gasteiger partial charge on any atom is 0.280 e. The van der Waals surface area contributed by atoms with Crippen molar-refractivity contribution in [2.75, 3.05) is 23.8 Å². The summed E-state index contributed by atoms with van der Waals surface area (Å²) in [6.45, 7) is 3.21. The lowest BCUT2D eigenvalue weighted by Gasteiger charge is -2.22. The van der Waals surface area contributed by atoms with E-state index in [0.717, 1.165) is 36.2 Å². The first kappa shape index (κ1) is 21.3. The van der Waals surface area contributed by atoms with Crippen molar-refractivity contribution in [3.05, 3.63) is 70.0 Å². The highest BCUT2D eigenvalue weighted by Crippen LogP contribution is 2.32. The summed E-state index contributed by atoms with van der Waals surface area (Å²) in [5.74, 6) is 0.712. The highest BCUT2D eigenvalue weighted by Gasteiger charge is 2.25. The van der Waals surface area contributed by atoms with Gasteiger partial charge >= 0.3 is 0 Å². The first-order valence-electron chi connectivity index (χ1n) is 11.6. The molecule has 11 nitrogen and oxygen atoms in total. The van der Waals surface area contributed by atoms with Crippen molar-refractivity contribution in [2.45, 2.75) is 32.4 Å². The van der Waals surface area contributed by atoms with Crippen molar-refractivity contribution in [3.8, 4) is 5.82 Å². The second-order valence-electron chi connectivity index (χ2n) is 8.75. The smallest absolute Gasteiger partial charge is 0.280 e. The van der Waals surface area contributed by atoms with Gasteiger partial charge in [0.25, 0.3) is 11.5 Å². The number of imidazole rings is 1. The summed E-state index contributed by atoms with van der Waals surface area (Å²) in [5.41, 5.74) is 3.48. The van der Waals surface area contributed by atoms with Gasteiger partial charge in [-0.3, -0.25) is 14.2 Å². The Kier molecular flexibility index (Phi) is 5.18. The van der Waals surface area contributed by atoms with E-state index >= 15 is 0 Å². The molecule has 6 rings (SSSR count). The fourth-order valence-corrected chi connectivity index (χ4v) is 4.49. The average Bonchev–Trinajstić information content (AvgIpc) is 3.30. The van der Waals surface area contributed by atoms with E-state index in [1.165, 1.54) is 15.3 Å². The van der Waals surface area contributed by atoms with Crippen LogP contribution in [0.5, 0.6) is 0 Å². The molecule has 2 aliphatic rings. The lowest BCUT2D eigenvalue weighted by atomic mass is 10.1. The summed E-state index contributed by atoms with van der Waals surface area (Å²) in [4.78, 5) is 35.3. The molecule has 0 spiro atoms. The number of aromatic nitrogens is 5. The third-order valence-corrected chi connectivity index (χ3v) is 6.12. The maximum atomic E-state index is 13.5. The summed E-state index contributed by atoms with van der Waals surface area (Å²) in [6.07, 6.45) is 6.57.